The minimum Gasteiger partial charge on any atom is -0.293 e. The first kappa shape index (κ1) is 19.3. The number of thioether (sulfide) groups is 1. The molecular weight excluding hydrogens is 395 g/mol. The zero-order valence-corrected chi connectivity index (χ0v) is 17.5. The molecule has 28 heavy (non-hydrogen) atoms. The topological polar surface area (TPSA) is 52.0 Å². The minimum absolute atomic E-state index is 0.0274. The molecule has 3 aromatic rings. The van der Waals surface area contributed by atoms with Crippen LogP contribution in [0.1, 0.15) is 41.1 Å². The molecule has 0 saturated carbocycles. The van der Waals surface area contributed by atoms with Crippen molar-refractivity contribution < 1.29 is 9.18 Å². The van der Waals surface area contributed by atoms with Gasteiger partial charge in [-0.1, -0.05) is 30.8 Å². The molecule has 1 aliphatic rings. The van der Waals surface area contributed by atoms with Gasteiger partial charge in [0, 0.05) is 11.4 Å². The van der Waals surface area contributed by atoms with Crippen LogP contribution in [0.25, 0.3) is 10.2 Å². The zero-order chi connectivity index (χ0) is 19.8. The van der Waals surface area contributed by atoms with Crippen LogP contribution in [-0.4, -0.2) is 21.1 Å². The van der Waals surface area contributed by atoms with Crippen molar-refractivity contribution in [2.75, 3.05) is 5.75 Å². The van der Waals surface area contributed by atoms with Crippen molar-refractivity contribution in [3.05, 3.63) is 56.4 Å². The highest BCUT2D eigenvalue weighted by Crippen LogP contribution is 2.36. The van der Waals surface area contributed by atoms with E-state index in [1.165, 1.54) is 28.8 Å². The molecule has 2 heterocycles. The van der Waals surface area contributed by atoms with Gasteiger partial charge in [0.25, 0.3) is 5.56 Å². The summed E-state index contributed by atoms with van der Waals surface area (Å²) in [5.74, 6) is -0.161. The van der Waals surface area contributed by atoms with E-state index < -0.39 is 5.82 Å². The summed E-state index contributed by atoms with van der Waals surface area (Å²) >= 11 is 2.80. The van der Waals surface area contributed by atoms with E-state index in [0.717, 1.165) is 35.0 Å². The molecule has 4 rings (SSSR count). The highest BCUT2D eigenvalue weighted by Gasteiger charge is 2.24. The number of Topliss-reactive ketones (excluding diaryl/α,β-unsaturated/α-hetero) is 1. The van der Waals surface area contributed by atoms with Gasteiger partial charge in [-0.15, -0.1) is 11.3 Å². The number of benzene rings is 1. The molecule has 7 heteroatoms. The SMILES string of the molecule is CCn1c(SCC(=O)c2ccccc2F)nc2sc3c(c2c1=O)CC[C@H](C)C3. The molecule has 0 fully saturated rings. The number of ketones is 1. The van der Waals surface area contributed by atoms with Crippen LogP contribution < -0.4 is 5.56 Å². The van der Waals surface area contributed by atoms with E-state index in [2.05, 4.69) is 6.92 Å². The fourth-order valence-electron chi connectivity index (χ4n) is 3.69. The van der Waals surface area contributed by atoms with Gasteiger partial charge >= 0.3 is 0 Å². The molecule has 0 radical (unpaired) electrons. The summed E-state index contributed by atoms with van der Waals surface area (Å²) in [6.07, 6.45) is 3.02. The third-order valence-corrected chi connectivity index (χ3v) is 7.33. The van der Waals surface area contributed by atoms with E-state index >= 15 is 0 Å². The summed E-state index contributed by atoms with van der Waals surface area (Å²) in [6.45, 7) is 4.62. The Balaban J connectivity index is 1.68. The van der Waals surface area contributed by atoms with Crippen LogP contribution >= 0.6 is 23.1 Å². The van der Waals surface area contributed by atoms with Crippen molar-refractivity contribution in [3.63, 3.8) is 0 Å². The van der Waals surface area contributed by atoms with E-state index in [-0.39, 0.29) is 22.7 Å². The minimum atomic E-state index is -0.524. The Morgan fingerprint density at radius 1 is 1.39 bits per heavy atom. The fraction of sp³-hybridized carbons (Fsp3) is 0.381. The molecule has 2 aromatic heterocycles. The predicted octanol–water partition coefficient (Wildman–Crippen LogP) is 4.72. The smallest absolute Gasteiger partial charge is 0.263 e. The van der Waals surface area contributed by atoms with Crippen LogP contribution in [0, 0.1) is 11.7 Å². The average molecular weight is 417 g/mol. The molecule has 0 aliphatic heterocycles. The molecule has 146 valence electrons. The number of halogens is 1. The number of aromatic nitrogens is 2. The molecule has 0 spiro atoms. The van der Waals surface area contributed by atoms with E-state index in [1.54, 1.807) is 28.0 Å². The highest BCUT2D eigenvalue weighted by atomic mass is 32.2. The van der Waals surface area contributed by atoms with Gasteiger partial charge in [-0.3, -0.25) is 14.2 Å². The van der Waals surface area contributed by atoms with Crippen LogP contribution in [0.2, 0.25) is 0 Å². The lowest BCUT2D eigenvalue weighted by atomic mass is 9.89. The van der Waals surface area contributed by atoms with Crippen LogP contribution in [-0.2, 0) is 19.4 Å². The van der Waals surface area contributed by atoms with Gasteiger partial charge in [-0.25, -0.2) is 9.37 Å². The van der Waals surface area contributed by atoms with E-state index in [4.69, 9.17) is 4.98 Å². The maximum atomic E-state index is 13.8. The molecule has 0 N–H and O–H groups in total. The van der Waals surface area contributed by atoms with E-state index in [9.17, 15) is 14.0 Å². The number of thiophene rings is 1. The van der Waals surface area contributed by atoms with Gasteiger partial charge in [0.1, 0.15) is 10.6 Å². The lowest BCUT2D eigenvalue weighted by Crippen LogP contribution is -2.23. The first-order valence-corrected chi connectivity index (χ1v) is 11.2. The summed E-state index contributed by atoms with van der Waals surface area (Å²) in [7, 11) is 0. The lowest BCUT2D eigenvalue weighted by molar-refractivity contribution is 0.101. The van der Waals surface area contributed by atoms with Gasteiger partial charge in [0.15, 0.2) is 10.9 Å². The molecule has 4 nitrogen and oxygen atoms in total. The van der Waals surface area contributed by atoms with Crippen LogP contribution in [0.15, 0.2) is 34.2 Å². The maximum absolute atomic E-state index is 13.8. The number of aryl methyl sites for hydroxylation is 1. The van der Waals surface area contributed by atoms with Gasteiger partial charge in [0.05, 0.1) is 16.7 Å². The number of fused-ring (bicyclic) bond motifs is 3. The second-order valence-electron chi connectivity index (χ2n) is 7.17. The standard InChI is InChI=1S/C21H21FN2O2S2/c1-3-24-20(26)18-14-9-8-12(2)10-17(14)28-19(18)23-21(24)27-11-16(25)13-6-4-5-7-15(13)22/h4-7,12H,3,8-11H2,1-2H3/t12-/m0/s1. The third-order valence-electron chi connectivity index (χ3n) is 5.20. The highest BCUT2D eigenvalue weighted by molar-refractivity contribution is 7.99. The Hall–Kier alpha value is -1.99. The van der Waals surface area contributed by atoms with Crippen molar-refractivity contribution >= 4 is 39.1 Å². The predicted molar refractivity (Wildman–Crippen MR) is 112 cm³/mol. The lowest BCUT2D eigenvalue weighted by Gasteiger charge is -2.17. The second kappa shape index (κ2) is 7.79. The molecule has 0 unspecified atom stereocenters. The van der Waals surface area contributed by atoms with Crippen LogP contribution in [0.4, 0.5) is 4.39 Å². The van der Waals surface area contributed by atoms with E-state index in [0.29, 0.717) is 17.6 Å². The summed E-state index contributed by atoms with van der Waals surface area (Å²) in [6, 6.07) is 5.96. The van der Waals surface area contributed by atoms with Gasteiger partial charge in [-0.05, 0) is 49.8 Å². The monoisotopic (exact) mass is 416 g/mol. The van der Waals surface area contributed by atoms with Gasteiger partial charge in [0.2, 0.25) is 0 Å². The van der Waals surface area contributed by atoms with Gasteiger partial charge < -0.3 is 0 Å². The molecule has 0 saturated heterocycles. The van der Waals surface area contributed by atoms with Crippen molar-refractivity contribution in [1.29, 1.82) is 0 Å². The number of nitrogens with zero attached hydrogens (tertiary/aromatic N) is 2. The average Bonchev–Trinajstić information content (AvgIpc) is 3.04. The molecule has 0 bridgehead atoms. The Labute approximate surface area is 170 Å². The number of hydrogen-bond acceptors (Lipinski definition) is 5. The summed E-state index contributed by atoms with van der Waals surface area (Å²) in [5.41, 5.74) is 1.21. The Morgan fingerprint density at radius 3 is 2.93 bits per heavy atom. The Bertz CT molecular complexity index is 1120. The normalized spacial score (nSPS) is 16.3. The summed E-state index contributed by atoms with van der Waals surface area (Å²) < 4.78 is 15.5. The second-order valence-corrected chi connectivity index (χ2v) is 9.19. The van der Waals surface area contributed by atoms with Gasteiger partial charge in [-0.2, -0.15) is 0 Å². The third kappa shape index (κ3) is 3.42. The van der Waals surface area contributed by atoms with E-state index in [1.807, 2.05) is 6.92 Å². The van der Waals surface area contributed by atoms with Crippen molar-refractivity contribution in [2.45, 2.75) is 44.8 Å². The number of carbonyl (C=O) groups is 1. The van der Waals surface area contributed by atoms with Crippen molar-refractivity contribution in [1.82, 2.24) is 9.55 Å². The first-order valence-electron chi connectivity index (χ1n) is 9.45. The number of rotatable bonds is 5. The largest absolute Gasteiger partial charge is 0.293 e. The Morgan fingerprint density at radius 2 is 2.18 bits per heavy atom. The number of hydrogen-bond donors (Lipinski definition) is 0. The van der Waals surface area contributed by atoms with Crippen molar-refractivity contribution in [3.8, 4) is 0 Å². The van der Waals surface area contributed by atoms with Crippen LogP contribution in [0.3, 0.4) is 0 Å². The summed E-state index contributed by atoms with van der Waals surface area (Å²) in [5, 5.41) is 1.27. The molecule has 1 atom stereocenters. The molecule has 0 amide bonds. The molecule has 1 aliphatic carbocycles. The first-order chi connectivity index (χ1) is 13.5. The quantitative estimate of drug-likeness (QED) is 0.343. The van der Waals surface area contributed by atoms with Crippen molar-refractivity contribution in [2.24, 2.45) is 5.92 Å². The number of carbonyl (C=O) groups excluding carboxylic acids is 1. The Kier molecular flexibility index (Phi) is 5.38. The van der Waals surface area contributed by atoms with Crippen LogP contribution in [0.5, 0.6) is 0 Å². The molecule has 1 aromatic carbocycles. The fourth-order valence-corrected chi connectivity index (χ4v) is 6.06. The zero-order valence-electron chi connectivity index (χ0n) is 15.8. The maximum Gasteiger partial charge on any atom is 0.263 e. The summed E-state index contributed by atoms with van der Waals surface area (Å²) in [4.78, 5) is 32.3. The molecular formula is C21H21FN2O2S2.